The van der Waals surface area contributed by atoms with E-state index in [2.05, 4.69) is 16.1 Å². The van der Waals surface area contributed by atoms with Crippen molar-refractivity contribution in [2.45, 2.75) is 17.7 Å². The number of hydrogen-bond acceptors (Lipinski definition) is 5. The van der Waals surface area contributed by atoms with Gasteiger partial charge in [0.1, 0.15) is 9.96 Å². The van der Waals surface area contributed by atoms with Gasteiger partial charge in [-0.1, -0.05) is 48.0 Å². The molecule has 0 atom stereocenters. The molecule has 1 heterocycles. The summed E-state index contributed by atoms with van der Waals surface area (Å²) >= 11 is 1.26. The van der Waals surface area contributed by atoms with Crippen LogP contribution in [0, 0.1) is 6.92 Å². The number of benzene rings is 3. The first-order valence-electron chi connectivity index (χ1n) is 9.44. The van der Waals surface area contributed by atoms with Crippen molar-refractivity contribution in [1.82, 2.24) is 0 Å². The predicted octanol–water partition coefficient (Wildman–Crippen LogP) is 5.63. The molecule has 0 aliphatic rings. The fourth-order valence-corrected chi connectivity index (χ4v) is 5.72. The molecule has 0 aliphatic heterocycles. The quantitative estimate of drug-likeness (QED) is 0.392. The molecule has 0 bridgehead atoms. The molecule has 2 N–H and O–H groups in total. The maximum Gasteiger partial charge on any atom is 0.271 e. The summed E-state index contributed by atoms with van der Waals surface area (Å²) < 4.78 is 35.4. The summed E-state index contributed by atoms with van der Waals surface area (Å²) in [6.45, 7) is 2.53. The molecule has 0 aliphatic carbocycles. The third-order valence-electron chi connectivity index (χ3n) is 4.74. The number of thiophene rings is 1. The number of ether oxygens (including phenoxy) is 1. The van der Waals surface area contributed by atoms with Crippen LogP contribution >= 0.6 is 11.3 Å². The molecule has 0 saturated heterocycles. The molecule has 0 unspecified atom stereocenters. The molecule has 0 spiro atoms. The molecule has 0 radical (unpaired) electrons. The van der Waals surface area contributed by atoms with E-state index >= 15 is 0 Å². The highest BCUT2D eigenvalue weighted by Gasteiger charge is 2.19. The lowest BCUT2D eigenvalue weighted by Gasteiger charge is -2.15. The molecule has 4 rings (SSSR count). The Labute approximate surface area is 180 Å². The summed E-state index contributed by atoms with van der Waals surface area (Å²) in [5.41, 5.74) is 3.33. The molecule has 4 aromatic rings. The molecule has 7 heteroatoms. The van der Waals surface area contributed by atoms with Crippen LogP contribution in [-0.2, 0) is 16.6 Å². The number of rotatable bonds is 7. The Morgan fingerprint density at radius 2 is 1.67 bits per heavy atom. The number of anilines is 2. The van der Waals surface area contributed by atoms with Crippen molar-refractivity contribution in [3.63, 3.8) is 0 Å². The van der Waals surface area contributed by atoms with Gasteiger partial charge in [-0.15, -0.1) is 11.3 Å². The average Bonchev–Trinajstić information content (AvgIpc) is 3.18. The minimum Gasteiger partial charge on any atom is -0.496 e. The van der Waals surface area contributed by atoms with Crippen LogP contribution in [0.15, 0.2) is 77.0 Å². The van der Waals surface area contributed by atoms with Crippen LogP contribution in [-0.4, -0.2) is 15.5 Å². The second-order valence-electron chi connectivity index (χ2n) is 6.92. The molecule has 154 valence electrons. The third-order valence-corrected chi connectivity index (χ3v) is 7.70. The fraction of sp³-hybridized carbons (Fsp3) is 0.130. The maximum atomic E-state index is 13.0. The van der Waals surface area contributed by atoms with E-state index in [1.165, 1.54) is 11.3 Å². The Morgan fingerprint density at radius 1 is 0.933 bits per heavy atom. The van der Waals surface area contributed by atoms with Crippen LogP contribution < -0.4 is 14.8 Å². The summed E-state index contributed by atoms with van der Waals surface area (Å²) in [5.74, 6) is 0.788. The SMILES string of the molecule is COc1ccc(C)cc1CNc1ccccc1NS(=O)(=O)c1cc2ccccc2s1. The van der Waals surface area contributed by atoms with Gasteiger partial charge in [-0.25, -0.2) is 8.42 Å². The number of sulfonamides is 1. The Bertz CT molecular complexity index is 1260. The van der Waals surface area contributed by atoms with Gasteiger partial charge in [-0.3, -0.25) is 4.72 Å². The van der Waals surface area contributed by atoms with Gasteiger partial charge in [0.25, 0.3) is 10.0 Å². The van der Waals surface area contributed by atoms with Crippen molar-refractivity contribution in [2.24, 2.45) is 0 Å². The van der Waals surface area contributed by atoms with Gasteiger partial charge in [0.15, 0.2) is 0 Å². The van der Waals surface area contributed by atoms with Gasteiger partial charge in [-0.05, 0) is 42.6 Å². The van der Waals surface area contributed by atoms with Gasteiger partial charge < -0.3 is 10.1 Å². The van der Waals surface area contributed by atoms with E-state index in [-0.39, 0.29) is 0 Å². The van der Waals surface area contributed by atoms with E-state index in [1.54, 1.807) is 25.3 Å². The number of aryl methyl sites for hydroxylation is 1. The Morgan fingerprint density at radius 3 is 2.43 bits per heavy atom. The van der Waals surface area contributed by atoms with Crippen LogP contribution in [0.2, 0.25) is 0 Å². The highest BCUT2D eigenvalue weighted by molar-refractivity contribution is 7.94. The zero-order valence-electron chi connectivity index (χ0n) is 16.7. The lowest BCUT2D eigenvalue weighted by Crippen LogP contribution is -2.13. The summed E-state index contributed by atoms with van der Waals surface area (Å²) in [7, 11) is -2.06. The topological polar surface area (TPSA) is 67.4 Å². The summed E-state index contributed by atoms with van der Waals surface area (Å²) in [4.78, 5) is 0. The Kier molecular flexibility index (Phi) is 5.65. The number of methoxy groups -OCH3 is 1. The number of hydrogen-bond donors (Lipinski definition) is 2. The molecule has 0 saturated carbocycles. The van der Waals surface area contributed by atoms with Crippen molar-refractivity contribution in [3.8, 4) is 5.75 Å². The van der Waals surface area contributed by atoms with Crippen LogP contribution in [0.25, 0.3) is 10.1 Å². The van der Waals surface area contributed by atoms with Crippen molar-refractivity contribution >= 4 is 42.8 Å². The standard InChI is InChI=1S/C23H22N2O3S2/c1-16-11-12-21(28-2)18(13-16)15-24-19-8-4-5-9-20(19)25-30(26,27)23-14-17-7-3-6-10-22(17)29-23/h3-14,24-25H,15H2,1-2H3. The van der Waals surface area contributed by atoms with Crippen LogP contribution in [0.1, 0.15) is 11.1 Å². The van der Waals surface area contributed by atoms with E-state index in [0.717, 1.165) is 27.0 Å². The Balaban J connectivity index is 1.58. The van der Waals surface area contributed by atoms with Crippen molar-refractivity contribution in [2.75, 3.05) is 17.1 Å². The summed E-state index contributed by atoms with van der Waals surface area (Å²) in [6.07, 6.45) is 0. The molecule has 0 amide bonds. The van der Waals surface area contributed by atoms with Gasteiger partial charge in [0.05, 0.1) is 18.5 Å². The van der Waals surface area contributed by atoms with E-state index in [9.17, 15) is 8.42 Å². The van der Waals surface area contributed by atoms with Gasteiger partial charge in [0, 0.05) is 16.8 Å². The fourth-order valence-electron chi connectivity index (χ4n) is 3.25. The van der Waals surface area contributed by atoms with Crippen LogP contribution in [0.4, 0.5) is 11.4 Å². The lowest BCUT2D eigenvalue weighted by molar-refractivity contribution is 0.410. The second-order valence-corrected chi connectivity index (χ2v) is 9.92. The number of para-hydroxylation sites is 2. The largest absolute Gasteiger partial charge is 0.496 e. The molecular weight excluding hydrogens is 416 g/mol. The molecule has 3 aromatic carbocycles. The van der Waals surface area contributed by atoms with Gasteiger partial charge >= 0.3 is 0 Å². The zero-order chi connectivity index (χ0) is 21.1. The summed E-state index contributed by atoms with van der Waals surface area (Å²) in [5, 5.41) is 4.25. The van der Waals surface area contributed by atoms with Crippen molar-refractivity contribution in [3.05, 3.63) is 83.9 Å². The first kappa shape index (κ1) is 20.3. The number of fused-ring (bicyclic) bond motifs is 1. The first-order chi connectivity index (χ1) is 14.5. The van der Waals surface area contributed by atoms with Gasteiger partial charge in [-0.2, -0.15) is 0 Å². The predicted molar refractivity (Wildman–Crippen MR) is 124 cm³/mol. The number of nitrogens with one attached hydrogen (secondary N) is 2. The molecule has 1 aromatic heterocycles. The van der Waals surface area contributed by atoms with Gasteiger partial charge in [0.2, 0.25) is 0 Å². The first-order valence-corrected chi connectivity index (χ1v) is 11.7. The molecule has 30 heavy (non-hydrogen) atoms. The van der Waals surface area contributed by atoms with Crippen molar-refractivity contribution in [1.29, 1.82) is 0 Å². The Hall–Kier alpha value is -3.03. The minimum atomic E-state index is -3.70. The molecular formula is C23H22N2O3S2. The van der Waals surface area contributed by atoms with E-state index < -0.39 is 10.0 Å². The zero-order valence-corrected chi connectivity index (χ0v) is 18.3. The lowest BCUT2D eigenvalue weighted by atomic mass is 10.1. The molecule has 5 nitrogen and oxygen atoms in total. The normalized spacial score (nSPS) is 11.4. The highest BCUT2D eigenvalue weighted by atomic mass is 32.2. The minimum absolute atomic E-state index is 0.291. The third kappa shape index (κ3) is 4.27. The van der Waals surface area contributed by atoms with Crippen LogP contribution in [0.3, 0.4) is 0 Å². The maximum absolute atomic E-state index is 13.0. The van der Waals surface area contributed by atoms with Crippen molar-refractivity contribution < 1.29 is 13.2 Å². The highest BCUT2D eigenvalue weighted by Crippen LogP contribution is 2.32. The monoisotopic (exact) mass is 438 g/mol. The van der Waals surface area contributed by atoms with Crippen LogP contribution in [0.5, 0.6) is 5.75 Å². The average molecular weight is 439 g/mol. The second kappa shape index (κ2) is 8.38. The van der Waals surface area contributed by atoms with E-state index in [0.29, 0.717) is 22.1 Å². The van der Waals surface area contributed by atoms with E-state index in [1.807, 2.05) is 55.5 Å². The summed E-state index contributed by atoms with van der Waals surface area (Å²) in [6, 6.07) is 22.6. The molecule has 0 fully saturated rings. The van der Waals surface area contributed by atoms with E-state index in [4.69, 9.17) is 4.74 Å². The smallest absolute Gasteiger partial charge is 0.271 e.